The van der Waals surface area contributed by atoms with Crippen molar-refractivity contribution in [2.75, 3.05) is 0 Å². The molecule has 0 N–H and O–H groups in total. The van der Waals surface area contributed by atoms with Crippen LogP contribution < -0.4 is 10.2 Å². The van der Waals surface area contributed by atoms with Gasteiger partial charge in [-0.25, -0.2) is 0 Å². The molecule has 0 aromatic heterocycles. The average molecular weight is 617 g/mol. The quantitative estimate of drug-likeness (QED) is 0.197. The third-order valence-corrected chi connectivity index (χ3v) is 3.98. The number of hydrogen-bond donors (Lipinski definition) is 0. The summed E-state index contributed by atoms with van der Waals surface area (Å²) in [5.74, 6) is -1.99. The van der Waals surface area contributed by atoms with E-state index in [0.717, 1.165) is 19.8 Å². The van der Waals surface area contributed by atoms with E-state index < -0.39 is 11.9 Å². The smallest absolute Gasteiger partial charge is 0.550 e. The SMILES string of the molecule is CC(=O)[O-].CCCCCCCCCCCCCCCCCC(=O)[O-].[Ba+2].[Ba+2]. The van der Waals surface area contributed by atoms with E-state index in [-0.39, 0.29) is 104 Å². The molecule has 0 aromatic rings. The van der Waals surface area contributed by atoms with Crippen LogP contribution in [0, 0.1) is 0 Å². The Morgan fingerprint density at radius 2 is 0.808 bits per heavy atom. The molecule has 0 saturated heterocycles. The van der Waals surface area contributed by atoms with Crippen LogP contribution in [0.15, 0.2) is 0 Å². The first-order valence-electron chi connectivity index (χ1n) is 9.88. The maximum Gasteiger partial charge on any atom is 2.00 e. The zero-order valence-electron chi connectivity index (χ0n) is 17.4. The molecule has 0 amide bonds. The molecule has 0 unspecified atom stereocenters. The molecule has 6 heteroatoms. The van der Waals surface area contributed by atoms with E-state index in [4.69, 9.17) is 9.90 Å². The van der Waals surface area contributed by atoms with Crippen LogP contribution in [-0.2, 0) is 9.59 Å². The second kappa shape index (κ2) is 31.8. The zero-order chi connectivity index (χ0) is 18.5. The summed E-state index contributed by atoms with van der Waals surface area (Å²) in [4.78, 5) is 19.1. The molecule has 0 aliphatic heterocycles. The first kappa shape index (κ1) is 35.5. The van der Waals surface area contributed by atoms with Gasteiger partial charge >= 0.3 is 97.8 Å². The van der Waals surface area contributed by atoms with Crippen molar-refractivity contribution in [1.82, 2.24) is 0 Å². The molecule has 4 nitrogen and oxygen atoms in total. The van der Waals surface area contributed by atoms with Crippen LogP contribution in [0.4, 0.5) is 0 Å². The van der Waals surface area contributed by atoms with Crippen LogP contribution in [0.1, 0.15) is 117 Å². The summed E-state index contributed by atoms with van der Waals surface area (Å²) in [6.07, 6.45) is 19.9. The van der Waals surface area contributed by atoms with Gasteiger partial charge in [-0.05, 0) is 19.8 Å². The van der Waals surface area contributed by atoms with E-state index in [1.807, 2.05) is 0 Å². The Balaban J connectivity index is -0.000000363. The minimum absolute atomic E-state index is 0. The Kier molecular flexibility index (Phi) is 43.4. The number of hydrogen-bond acceptors (Lipinski definition) is 4. The van der Waals surface area contributed by atoms with E-state index in [0.29, 0.717) is 0 Å². The number of carbonyl (C=O) groups excluding carboxylic acids is 2. The third kappa shape index (κ3) is 45.1. The molecule has 0 aliphatic rings. The molecule has 0 spiro atoms. The molecule has 0 aromatic carbocycles. The van der Waals surface area contributed by atoms with Crippen LogP contribution in [-0.4, -0.2) is 110 Å². The number of carbonyl (C=O) groups is 2. The third-order valence-electron chi connectivity index (χ3n) is 3.98. The molecule has 26 heavy (non-hydrogen) atoms. The van der Waals surface area contributed by atoms with Gasteiger partial charge in [-0.1, -0.05) is 96.8 Å². The summed E-state index contributed by atoms with van der Waals surface area (Å²) in [6, 6.07) is 0. The van der Waals surface area contributed by atoms with E-state index in [1.165, 1.54) is 83.5 Å². The van der Waals surface area contributed by atoms with Gasteiger partial charge in [-0.2, -0.15) is 0 Å². The van der Waals surface area contributed by atoms with Crippen molar-refractivity contribution in [3.05, 3.63) is 0 Å². The van der Waals surface area contributed by atoms with Gasteiger partial charge in [-0.3, -0.25) is 0 Å². The van der Waals surface area contributed by atoms with E-state index in [2.05, 4.69) is 6.92 Å². The molecule has 144 valence electrons. The second-order valence-corrected chi connectivity index (χ2v) is 6.56. The van der Waals surface area contributed by atoms with Gasteiger partial charge in [-0.15, -0.1) is 0 Å². The Bertz CT molecular complexity index is 283. The van der Waals surface area contributed by atoms with Gasteiger partial charge in [0, 0.05) is 11.9 Å². The summed E-state index contributed by atoms with van der Waals surface area (Å²) < 4.78 is 0. The van der Waals surface area contributed by atoms with Crippen molar-refractivity contribution < 1.29 is 19.8 Å². The van der Waals surface area contributed by atoms with Crippen molar-refractivity contribution in [2.45, 2.75) is 117 Å². The Hall–Kier alpha value is 2.08. The first-order valence-corrected chi connectivity index (χ1v) is 9.88. The van der Waals surface area contributed by atoms with Gasteiger partial charge in [0.15, 0.2) is 0 Å². The maximum atomic E-state index is 10.2. The number of rotatable bonds is 16. The molecule has 0 heterocycles. The first-order chi connectivity index (χ1) is 11.5. The summed E-state index contributed by atoms with van der Waals surface area (Å²) in [5.41, 5.74) is 0. The largest absolute Gasteiger partial charge is 2.00 e. The summed E-state index contributed by atoms with van der Waals surface area (Å²) in [6.45, 7) is 3.24. The van der Waals surface area contributed by atoms with Crippen molar-refractivity contribution in [2.24, 2.45) is 0 Å². The van der Waals surface area contributed by atoms with E-state index >= 15 is 0 Å². The maximum absolute atomic E-state index is 10.2. The number of carboxylic acids is 2. The molecule has 0 rings (SSSR count). The number of carboxylic acid groups (broad SMARTS) is 2. The molecule has 0 atom stereocenters. The standard InChI is InChI=1S/C18H36O2.C2H4O2.2Ba/c1-2-3-4-5-6-7-8-9-10-11-12-13-14-15-16-17-18(19)20;1-2(3)4;;/h2-17H2,1H3,(H,19,20);1H3,(H,3,4);;/q;;2*+2/p-2. The minimum atomic E-state index is -1.08. The molecule has 0 saturated carbocycles. The van der Waals surface area contributed by atoms with Crippen LogP contribution in [0.25, 0.3) is 0 Å². The van der Waals surface area contributed by atoms with Gasteiger partial charge < -0.3 is 19.8 Å². The number of unbranched alkanes of at least 4 members (excludes halogenated alkanes) is 14. The fraction of sp³-hybridized carbons (Fsp3) is 0.900. The predicted octanol–water partition coefficient (Wildman–Crippen LogP) is 2.99. The molecule has 0 bridgehead atoms. The summed E-state index contributed by atoms with van der Waals surface area (Å²) >= 11 is 0. The van der Waals surface area contributed by atoms with E-state index in [1.54, 1.807) is 0 Å². The Labute approximate surface area is 242 Å². The van der Waals surface area contributed by atoms with Crippen molar-refractivity contribution in [3.8, 4) is 0 Å². The number of aliphatic carboxylic acids is 2. The van der Waals surface area contributed by atoms with Crippen LogP contribution >= 0.6 is 0 Å². The minimum Gasteiger partial charge on any atom is -0.550 e. The van der Waals surface area contributed by atoms with E-state index in [9.17, 15) is 9.90 Å². The van der Waals surface area contributed by atoms with Gasteiger partial charge in [0.1, 0.15) is 0 Å². The van der Waals surface area contributed by atoms with Crippen molar-refractivity contribution in [3.63, 3.8) is 0 Å². The molecular formula is C20H38Ba2O4+2. The summed E-state index contributed by atoms with van der Waals surface area (Å²) in [5, 5.41) is 19.1. The molecule has 0 radical (unpaired) electrons. The van der Waals surface area contributed by atoms with Crippen molar-refractivity contribution >= 4 is 110 Å². The van der Waals surface area contributed by atoms with Crippen molar-refractivity contribution in [1.29, 1.82) is 0 Å². The zero-order valence-corrected chi connectivity index (χ0v) is 26.2. The van der Waals surface area contributed by atoms with Crippen LogP contribution in [0.3, 0.4) is 0 Å². The van der Waals surface area contributed by atoms with Crippen LogP contribution in [0.5, 0.6) is 0 Å². The molecular weight excluding hydrogens is 579 g/mol. The average Bonchev–Trinajstić information content (AvgIpc) is 2.50. The Morgan fingerprint density at radius 1 is 0.577 bits per heavy atom. The van der Waals surface area contributed by atoms with Gasteiger partial charge in [0.25, 0.3) is 0 Å². The van der Waals surface area contributed by atoms with Crippen LogP contribution in [0.2, 0.25) is 0 Å². The Morgan fingerprint density at radius 3 is 1.04 bits per heavy atom. The second-order valence-electron chi connectivity index (χ2n) is 6.56. The fourth-order valence-corrected chi connectivity index (χ4v) is 2.64. The van der Waals surface area contributed by atoms with Gasteiger partial charge in [0.2, 0.25) is 0 Å². The fourth-order valence-electron chi connectivity index (χ4n) is 2.64. The molecule has 0 aliphatic carbocycles. The molecule has 0 fully saturated rings. The monoisotopic (exact) mass is 618 g/mol. The predicted molar refractivity (Wildman–Crippen MR) is 107 cm³/mol. The normalized spacial score (nSPS) is 9.31. The topological polar surface area (TPSA) is 80.3 Å². The summed E-state index contributed by atoms with van der Waals surface area (Å²) in [7, 11) is 0. The van der Waals surface area contributed by atoms with Gasteiger partial charge in [0.05, 0.1) is 0 Å².